The summed E-state index contributed by atoms with van der Waals surface area (Å²) in [5.41, 5.74) is 4.84. The molecule has 0 saturated carbocycles. The first kappa shape index (κ1) is 15.3. The number of aryl methyl sites for hydroxylation is 2. The van der Waals surface area contributed by atoms with E-state index in [1.165, 1.54) is 16.7 Å². The van der Waals surface area contributed by atoms with Crippen LogP contribution in [0.25, 0.3) is 0 Å². The lowest BCUT2D eigenvalue weighted by atomic mass is 9.94. The first-order valence-electron chi connectivity index (χ1n) is 7.18. The second kappa shape index (κ2) is 7.04. The third kappa shape index (κ3) is 3.92. The van der Waals surface area contributed by atoms with Gasteiger partial charge in [0.25, 0.3) is 0 Å². The van der Waals surface area contributed by atoms with Gasteiger partial charge in [-0.1, -0.05) is 54.1 Å². The van der Waals surface area contributed by atoms with Crippen molar-refractivity contribution in [3.05, 3.63) is 70.8 Å². The van der Waals surface area contributed by atoms with Crippen molar-refractivity contribution in [3.8, 4) is 0 Å². The Morgan fingerprint density at radius 1 is 1.10 bits per heavy atom. The van der Waals surface area contributed by atoms with Crippen molar-refractivity contribution in [1.29, 1.82) is 0 Å². The minimum atomic E-state index is -0.0132. The van der Waals surface area contributed by atoms with Crippen LogP contribution in [0.2, 0.25) is 0 Å². The number of carbonyl (C=O) groups excluding carboxylic acids is 1. The fraction of sp³-hybridized carbons (Fsp3) is 0.278. The smallest absolute Gasteiger partial charge is 0.233 e. The highest BCUT2D eigenvalue weighted by atomic mass is 16.1. The monoisotopic (exact) mass is 282 g/mol. The average molecular weight is 282 g/mol. The van der Waals surface area contributed by atoms with E-state index in [9.17, 15) is 4.79 Å². The summed E-state index contributed by atoms with van der Waals surface area (Å²) >= 11 is 0. The van der Waals surface area contributed by atoms with Crippen molar-refractivity contribution >= 4 is 5.91 Å². The number of rotatable bonds is 5. The molecule has 1 unspecified atom stereocenters. The molecular weight excluding hydrogens is 260 g/mol. The third-order valence-corrected chi connectivity index (χ3v) is 3.61. The van der Waals surface area contributed by atoms with Crippen molar-refractivity contribution < 1.29 is 4.79 Å². The molecule has 0 saturated heterocycles. The van der Waals surface area contributed by atoms with Crippen LogP contribution < -0.4 is 10.6 Å². The molecule has 2 aromatic carbocycles. The summed E-state index contributed by atoms with van der Waals surface area (Å²) in [4.78, 5) is 11.5. The number of hydrogen-bond acceptors (Lipinski definition) is 2. The minimum Gasteiger partial charge on any atom is -0.358 e. The third-order valence-electron chi connectivity index (χ3n) is 3.61. The van der Waals surface area contributed by atoms with E-state index in [-0.39, 0.29) is 11.9 Å². The van der Waals surface area contributed by atoms with E-state index in [2.05, 4.69) is 54.8 Å². The number of hydrogen-bond donors (Lipinski definition) is 2. The number of carbonyl (C=O) groups is 1. The molecule has 0 aromatic heterocycles. The van der Waals surface area contributed by atoms with E-state index in [0.29, 0.717) is 6.54 Å². The zero-order valence-corrected chi connectivity index (χ0v) is 12.8. The first-order chi connectivity index (χ1) is 10.1. The van der Waals surface area contributed by atoms with Gasteiger partial charge in [-0.3, -0.25) is 10.1 Å². The lowest BCUT2D eigenvalue weighted by Crippen LogP contribution is -2.34. The van der Waals surface area contributed by atoms with Crippen LogP contribution >= 0.6 is 0 Å². The van der Waals surface area contributed by atoms with Gasteiger partial charge in [0.2, 0.25) is 5.91 Å². The summed E-state index contributed by atoms with van der Waals surface area (Å²) in [6.07, 6.45) is 0. The van der Waals surface area contributed by atoms with Gasteiger partial charge in [0.15, 0.2) is 0 Å². The molecule has 0 fully saturated rings. The number of likely N-dealkylation sites (N-methyl/N-ethyl adjacent to an activating group) is 1. The van der Waals surface area contributed by atoms with Gasteiger partial charge >= 0.3 is 0 Å². The standard InChI is InChI=1S/C18H22N2O/c1-13-9-10-16(14(2)11-13)18(20-12-17(21)19-3)15-7-5-4-6-8-15/h4-11,18,20H,12H2,1-3H3,(H,19,21). The van der Waals surface area contributed by atoms with Gasteiger partial charge in [-0.2, -0.15) is 0 Å². The molecule has 0 bridgehead atoms. The van der Waals surface area contributed by atoms with Crippen molar-refractivity contribution in [2.24, 2.45) is 0 Å². The fourth-order valence-electron chi connectivity index (χ4n) is 2.49. The van der Waals surface area contributed by atoms with E-state index < -0.39 is 0 Å². The number of amides is 1. The molecule has 1 atom stereocenters. The van der Waals surface area contributed by atoms with Crippen molar-refractivity contribution in [2.45, 2.75) is 19.9 Å². The van der Waals surface area contributed by atoms with E-state index in [1.54, 1.807) is 7.05 Å². The summed E-state index contributed by atoms with van der Waals surface area (Å²) in [5, 5.41) is 6.00. The SMILES string of the molecule is CNC(=O)CNC(c1ccccc1)c1ccc(C)cc1C. The Balaban J connectivity index is 2.33. The van der Waals surface area contributed by atoms with Crippen LogP contribution in [0.15, 0.2) is 48.5 Å². The van der Waals surface area contributed by atoms with Gasteiger partial charge in [0, 0.05) is 7.05 Å². The van der Waals surface area contributed by atoms with Crippen molar-refractivity contribution in [2.75, 3.05) is 13.6 Å². The predicted octanol–water partition coefficient (Wildman–Crippen LogP) is 2.73. The van der Waals surface area contributed by atoms with Crippen LogP contribution in [0.3, 0.4) is 0 Å². The van der Waals surface area contributed by atoms with Gasteiger partial charge in [-0.15, -0.1) is 0 Å². The molecule has 1 amide bonds. The molecule has 21 heavy (non-hydrogen) atoms. The molecule has 0 spiro atoms. The van der Waals surface area contributed by atoms with E-state index in [1.807, 2.05) is 18.2 Å². The zero-order valence-electron chi connectivity index (χ0n) is 12.8. The fourth-order valence-corrected chi connectivity index (χ4v) is 2.49. The van der Waals surface area contributed by atoms with E-state index >= 15 is 0 Å². The molecule has 2 rings (SSSR count). The van der Waals surface area contributed by atoms with Gasteiger partial charge in [0.1, 0.15) is 0 Å². The highest BCUT2D eigenvalue weighted by Gasteiger charge is 2.16. The maximum absolute atomic E-state index is 11.5. The predicted molar refractivity (Wildman–Crippen MR) is 86.3 cm³/mol. The van der Waals surface area contributed by atoms with Crippen LogP contribution in [0, 0.1) is 13.8 Å². The largest absolute Gasteiger partial charge is 0.358 e. The second-order valence-electron chi connectivity index (χ2n) is 5.26. The van der Waals surface area contributed by atoms with Gasteiger partial charge < -0.3 is 5.32 Å². The van der Waals surface area contributed by atoms with Crippen molar-refractivity contribution in [1.82, 2.24) is 10.6 Å². The molecule has 3 nitrogen and oxygen atoms in total. The van der Waals surface area contributed by atoms with Gasteiger partial charge in [-0.05, 0) is 30.5 Å². The molecule has 0 aliphatic rings. The summed E-state index contributed by atoms with van der Waals surface area (Å²) in [7, 11) is 1.65. The topological polar surface area (TPSA) is 41.1 Å². The number of benzene rings is 2. The van der Waals surface area contributed by atoms with Crippen molar-refractivity contribution in [3.63, 3.8) is 0 Å². The maximum Gasteiger partial charge on any atom is 0.233 e. The molecule has 2 N–H and O–H groups in total. The van der Waals surface area contributed by atoms with Crippen LogP contribution in [0.4, 0.5) is 0 Å². The maximum atomic E-state index is 11.5. The molecule has 0 heterocycles. The van der Waals surface area contributed by atoms with E-state index in [4.69, 9.17) is 0 Å². The minimum absolute atomic E-state index is 0.0132. The number of nitrogens with one attached hydrogen (secondary N) is 2. The lowest BCUT2D eigenvalue weighted by Gasteiger charge is -2.21. The Kier molecular flexibility index (Phi) is 5.12. The van der Waals surface area contributed by atoms with Crippen LogP contribution in [0.1, 0.15) is 28.3 Å². The molecule has 0 aliphatic heterocycles. The van der Waals surface area contributed by atoms with Crippen LogP contribution in [-0.4, -0.2) is 19.5 Å². The van der Waals surface area contributed by atoms with E-state index in [0.717, 1.165) is 5.56 Å². The highest BCUT2D eigenvalue weighted by molar-refractivity contribution is 5.77. The Morgan fingerprint density at radius 2 is 1.81 bits per heavy atom. The summed E-state index contributed by atoms with van der Waals surface area (Å²) in [6.45, 7) is 4.50. The quantitative estimate of drug-likeness (QED) is 0.885. The molecule has 3 heteroatoms. The summed E-state index contributed by atoms with van der Waals surface area (Å²) < 4.78 is 0. The molecule has 0 aliphatic carbocycles. The zero-order chi connectivity index (χ0) is 15.2. The Bertz CT molecular complexity index is 608. The van der Waals surface area contributed by atoms with Crippen LogP contribution in [-0.2, 0) is 4.79 Å². The Morgan fingerprint density at radius 3 is 2.43 bits per heavy atom. The molecule has 2 aromatic rings. The Labute approximate surface area is 126 Å². The van der Waals surface area contributed by atoms with Gasteiger partial charge in [0.05, 0.1) is 12.6 Å². The first-order valence-corrected chi connectivity index (χ1v) is 7.18. The highest BCUT2D eigenvalue weighted by Crippen LogP contribution is 2.25. The molecule has 0 radical (unpaired) electrons. The summed E-state index contributed by atoms with van der Waals surface area (Å²) in [5.74, 6) is -0.0132. The Hall–Kier alpha value is -2.13. The molecule has 110 valence electrons. The van der Waals surface area contributed by atoms with Crippen LogP contribution in [0.5, 0.6) is 0 Å². The second-order valence-corrected chi connectivity index (χ2v) is 5.26. The summed E-state index contributed by atoms with van der Waals surface area (Å²) in [6, 6.07) is 16.7. The molecular formula is C18H22N2O. The lowest BCUT2D eigenvalue weighted by molar-refractivity contribution is -0.119. The normalized spacial score (nSPS) is 12.0. The average Bonchev–Trinajstić information content (AvgIpc) is 2.50. The van der Waals surface area contributed by atoms with Gasteiger partial charge in [-0.25, -0.2) is 0 Å².